The summed E-state index contributed by atoms with van der Waals surface area (Å²) in [6.45, 7) is 3.55. The zero-order chi connectivity index (χ0) is 18.6. The first-order valence-corrected chi connectivity index (χ1v) is 7.49. The Morgan fingerprint density at radius 2 is 1.76 bits per heavy atom. The van der Waals surface area contributed by atoms with E-state index in [0.29, 0.717) is 23.6 Å². The van der Waals surface area contributed by atoms with Gasteiger partial charge < -0.3 is 20.3 Å². The molecule has 0 fully saturated rings. The van der Waals surface area contributed by atoms with Gasteiger partial charge in [0.15, 0.2) is 5.78 Å². The molecule has 3 N–H and O–H groups in total. The number of phenols is 1. The normalized spacial score (nSPS) is 10.2. The molecule has 25 heavy (non-hydrogen) atoms. The molecular formula is C18H17NO6. The van der Waals surface area contributed by atoms with E-state index in [1.54, 1.807) is 19.1 Å². The van der Waals surface area contributed by atoms with Crippen molar-refractivity contribution >= 4 is 23.3 Å². The lowest BCUT2D eigenvalue weighted by Gasteiger charge is -2.13. The number of Topliss-reactive ketones (excluding diaryl/α,β-unsaturated/α-hetero) is 1. The van der Waals surface area contributed by atoms with Gasteiger partial charge in [0.05, 0.1) is 12.3 Å². The topological polar surface area (TPSA) is 113 Å². The Balaban J connectivity index is 2.36. The minimum absolute atomic E-state index is 0.0471. The fourth-order valence-corrected chi connectivity index (χ4v) is 2.17. The fourth-order valence-electron chi connectivity index (χ4n) is 2.17. The lowest BCUT2D eigenvalue weighted by molar-refractivity contribution is 0.0693. The maximum atomic E-state index is 12.4. The van der Waals surface area contributed by atoms with Crippen LogP contribution < -0.4 is 10.1 Å². The van der Waals surface area contributed by atoms with Crippen LogP contribution in [0, 0.1) is 0 Å². The second-order valence-electron chi connectivity index (χ2n) is 5.19. The summed E-state index contributed by atoms with van der Waals surface area (Å²) in [5.74, 6) is -2.16. The summed E-state index contributed by atoms with van der Waals surface area (Å²) in [5.41, 5.74) is 0.362. The van der Waals surface area contributed by atoms with Crippen molar-refractivity contribution in [1.82, 2.24) is 0 Å². The number of benzene rings is 2. The van der Waals surface area contributed by atoms with E-state index in [9.17, 15) is 19.5 Å². The van der Waals surface area contributed by atoms with Crippen LogP contribution in [0.25, 0.3) is 0 Å². The molecule has 0 heterocycles. The summed E-state index contributed by atoms with van der Waals surface area (Å²) in [4.78, 5) is 35.0. The van der Waals surface area contributed by atoms with Crippen molar-refractivity contribution in [2.75, 3.05) is 11.9 Å². The average Bonchev–Trinajstić information content (AvgIpc) is 2.56. The number of carboxylic acid groups (broad SMARTS) is 1. The van der Waals surface area contributed by atoms with Crippen LogP contribution in [0.5, 0.6) is 11.5 Å². The number of hydrogen-bond donors (Lipinski definition) is 3. The van der Waals surface area contributed by atoms with Crippen molar-refractivity contribution in [3.05, 3.63) is 53.1 Å². The van der Waals surface area contributed by atoms with Gasteiger partial charge in [-0.15, -0.1) is 0 Å². The van der Waals surface area contributed by atoms with E-state index in [-0.39, 0.29) is 16.9 Å². The Bertz CT molecular complexity index is 843. The molecule has 7 nitrogen and oxygen atoms in total. The number of anilines is 1. The van der Waals surface area contributed by atoms with Crippen LogP contribution in [0.4, 0.5) is 5.69 Å². The number of aromatic carboxylic acids is 1. The molecule has 0 aliphatic carbocycles. The first-order chi connectivity index (χ1) is 11.8. The molecule has 0 spiro atoms. The Morgan fingerprint density at radius 3 is 2.36 bits per heavy atom. The maximum Gasteiger partial charge on any atom is 0.339 e. The number of rotatable bonds is 6. The highest BCUT2D eigenvalue weighted by Gasteiger charge is 2.16. The van der Waals surface area contributed by atoms with Gasteiger partial charge in [-0.05, 0) is 50.2 Å². The van der Waals surface area contributed by atoms with Gasteiger partial charge >= 0.3 is 5.97 Å². The molecule has 2 rings (SSSR count). The number of amides is 1. The maximum absolute atomic E-state index is 12.4. The lowest BCUT2D eigenvalue weighted by atomic mass is 10.1. The predicted octanol–water partition coefficient (Wildman–Crippen LogP) is 2.94. The van der Waals surface area contributed by atoms with E-state index in [1.165, 1.54) is 19.1 Å². The number of hydrogen-bond acceptors (Lipinski definition) is 5. The van der Waals surface area contributed by atoms with E-state index in [4.69, 9.17) is 9.84 Å². The van der Waals surface area contributed by atoms with Crippen LogP contribution in [-0.2, 0) is 0 Å². The molecule has 0 aliphatic rings. The van der Waals surface area contributed by atoms with Gasteiger partial charge in [-0.2, -0.15) is 0 Å². The zero-order valence-electron chi connectivity index (χ0n) is 13.7. The van der Waals surface area contributed by atoms with Crippen LogP contribution in [0.3, 0.4) is 0 Å². The molecule has 130 valence electrons. The number of aromatic hydroxyl groups is 1. The highest BCUT2D eigenvalue weighted by Crippen LogP contribution is 2.27. The predicted molar refractivity (Wildman–Crippen MR) is 90.6 cm³/mol. The summed E-state index contributed by atoms with van der Waals surface area (Å²) in [6, 6.07) is 8.16. The first-order valence-electron chi connectivity index (χ1n) is 7.49. The van der Waals surface area contributed by atoms with Crippen LogP contribution in [-0.4, -0.2) is 34.5 Å². The minimum Gasteiger partial charge on any atom is -0.507 e. The third-order valence-corrected chi connectivity index (χ3v) is 3.42. The Morgan fingerprint density at radius 1 is 1.08 bits per heavy atom. The molecule has 0 radical (unpaired) electrons. The highest BCUT2D eigenvalue weighted by molar-refractivity contribution is 6.07. The number of nitrogens with one attached hydrogen (secondary N) is 1. The fraction of sp³-hybridized carbons (Fsp3) is 0.167. The number of ether oxygens (including phenoxy) is 1. The van der Waals surface area contributed by atoms with Gasteiger partial charge in [-0.25, -0.2) is 4.79 Å². The molecular weight excluding hydrogens is 326 g/mol. The Hall–Kier alpha value is -3.35. The molecule has 7 heteroatoms. The van der Waals surface area contributed by atoms with Crippen molar-refractivity contribution < 1.29 is 29.3 Å². The largest absolute Gasteiger partial charge is 0.507 e. The van der Waals surface area contributed by atoms with Gasteiger partial charge in [0.1, 0.15) is 17.1 Å². The Labute approximate surface area is 143 Å². The highest BCUT2D eigenvalue weighted by atomic mass is 16.5. The third kappa shape index (κ3) is 4.14. The number of carbonyl (C=O) groups excluding carboxylic acids is 2. The summed E-state index contributed by atoms with van der Waals surface area (Å²) < 4.78 is 5.43. The molecule has 0 aliphatic heterocycles. The number of carbonyl (C=O) groups is 3. The number of carboxylic acids is 1. The van der Waals surface area contributed by atoms with Crippen LogP contribution in [0.1, 0.15) is 44.9 Å². The second kappa shape index (κ2) is 7.48. The lowest BCUT2D eigenvalue weighted by Crippen LogP contribution is -2.14. The van der Waals surface area contributed by atoms with Gasteiger partial charge in [0.2, 0.25) is 0 Å². The van der Waals surface area contributed by atoms with Crippen LogP contribution >= 0.6 is 0 Å². The Kier molecular flexibility index (Phi) is 5.38. The van der Waals surface area contributed by atoms with Crippen molar-refractivity contribution in [3.63, 3.8) is 0 Å². The molecule has 0 saturated heterocycles. The van der Waals surface area contributed by atoms with Crippen LogP contribution in [0.2, 0.25) is 0 Å². The van der Waals surface area contributed by atoms with E-state index in [1.807, 2.05) is 0 Å². The van der Waals surface area contributed by atoms with Crippen LogP contribution in [0.15, 0.2) is 36.4 Å². The standard InChI is InChI=1S/C18H17NO6/c1-3-25-16-7-5-11(10(2)20)9-14(16)19-17(22)12-4-6-15(21)13(8-12)18(23)24/h4-9,21H,3H2,1-2H3,(H,19,22)(H,23,24). The van der Waals surface area contributed by atoms with Crippen molar-refractivity contribution in [2.45, 2.75) is 13.8 Å². The van der Waals surface area contributed by atoms with Crippen molar-refractivity contribution in [3.8, 4) is 11.5 Å². The molecule has 2 aromatic rings. The van der Waals surface area contributed by atoms with Gasteiger partial charge in [0.25, 0.3) is 5.91 Å². The van der Waals surface area contributed by atoms with E-state index in [0.717, 1.165) is 12.1 Å². The zero-order valence-corrected chi connectivity index (χ0v) is 13.7. The summed E-state index contributed by atoms with van der Waals surface area (Å²) in [6.07, 6.45) is 0. The molecule has 0 aromatic heterocycles. The van der Waals surface area contributed by atoms with Gasteiger partial charge in [-0.1, -0.05) is 0 Å². The second-order valence-corrected chi connectivity index (χ2v) is 5.19. The molecule has 0 unspecified atom stereocenters. The van der Waals surface area contributed by atoms with E-state index >= 15 is 0 Å². The molecule has 0 bridgehead atoms. The molecule has 0 saturated carbocycles. The quantitative estimate of drug-likeness (QED) is 0.695. The molecule has 2 aromatic carbocycles. The van der Waals surface area contributed by atoms with Crippen molar-refractivity contribution in [1.29, 1.82) is 0 Å². The molecule has 1 amide bonds. The minimum atomic E-state index is -1.35. The average molecular weight is 343 g/mol. The molecule has 0 atom stereocenters. The van der Waals surface area contributed by atoms with Crippen molar-refractivity contribution in [2.24, 2.45) is 0 Å². The van der Waals surface area contributed by atoms with Gasteiger partial charge in [0, 0.05) is 11.1 Å². The SMILES string of the molecule is CCOc1ccc(C(C)=O)cc1NC(=O)c1ccc(O)c(C(=O)O)c1. The smallest absolute Gasteiger partial charge is 0.339 e. The van der Waals surface area contributed by atoms with E-state index < -0.39 is 17.6 Å². The van der Waals surface area contributed by atoms with E-state index in [2.05, 4.69) is 5.32 Å². The number of ketones is 1. The first kappa shape index (κ1) is 18.0. The van der Waals surface area contributed by atoms with Gasteiger partial charge in [-0.3, -0.25) is 9.59 Å². The monoisotopic (exact) mass is 343 g/mol. The summed E-state index contributed by atoms with van der Waals surface area (Å²) in [5, 5.41) is 21.1. The summed E-state index contributed by atoms with van der Waals surface area (Å²) >= 11 is 0. The summed E-state index contributed by atoms with van der Waals surface area (Å²) in [7, 11) is 0. The third-order valence-electron chi connectivity index (χ3n) is 3.42.